The topological polar surface area (TPSA) is 109 Å². The molecule has 1 aromatic carbocycles. The molecule has 0 saturated heterocycles. The molecule has 0 atom stereocenters. The minimum Gasteiger partial charge on any atom is -0.478 e. The number of nitrogen functional groups attached to an aromatic ring is 1. The second kappa shape index (κ2) is 2.63. The lowest BCUT2D eigenvalue weighted by molar-refractivity contribution is 0.0697. The summed E-state index contributed by atoms with van der Waals surface area (Å²) in [5, 5.41) is 8.70. The first-order valence-corrected chi connectivity index (χ1v) is 3.73. The van der Waals surface area contributed by atoms with Crippen LogP contribution in [0, 0.1) is 0 Å². The number of carboxylic acids is 1. The number of carboxylic acid groups (broad SMARTS) is 1. The summed E-state index contributed by atoms with van der Waals surface area (Å²) < 4.78 is 4.70. The van der Waals surface area contributed by atoms with Gasteiger partial charge in [0.05, 0.1) is 16.8 Å². The fourth-order valence-corrected chi connectivity index (χ4v) is 1.21. The molecule has 2 aromatic rings. The van der Waals surface area contributed by atoms with E-state index in [2.05, 4.69) is 4.98 Å². The number of aromatic nitrogens is 1. The summed E-state index contributed by atoms with van der Waals surface area (Å²) in [7, 11) is 0. The summed E-state index contributed by atoms with van der Waals surface area (Å²) in [5.74, 6) is -1.77. The van der Waals surface area contributed by atoms with Crippen molar-refractivity contribution in [3.8, 4) is 0 Å². The maximum absolute atomic E-state index is 10.8. The molecule has 0 aliphatic carbocycles. The largest absolute Gasteiger partial charge is 0.478 e. The van der Waals surface area contributed by atoms with Crippen LogP contribution >= 0.6 is 0 Å². The van der Waals surface area contributed by atoms with Crippen LogP contribution in [0.3, 0.4) is 0 Å². The van der Waals surface area contributed by atoms with Crippen molar-refractivity contribution in [1.29, 1.82) is 0 Å². The van der Waals surface area contributed by atoms with Crippen LogP contribution in [-0.2, 0) is 0 Å². The number of nitrogens with one attached hydrogen (secondary N) is 1. The summed E-state index contributed by atoms with van der Waals surface area (Å²) >= 11 is 0. The number of anilines is 1. The number of oxazole rings is 1. The molecule has 6 nitrogen and oxygen atoms in total. The Kier molecular flexibility index (Phi) is 1.57. The number of nitrogens with two attached hydrogens (primary N) is 1. The molecule has 0 fully saturated rings. The molecular formula is C8H6N2O4. The smallest absolute Gasteiger partial charge is 0.417 e. The number of carbonyl (C=O) groups is 1. The summed E-state index contributed by atoms with van der Waals surface area (Å²) in [6.07, 6.45) is 0. The number of H-pyrrole nitrogens is 1. The fraction of sp³-hybridized carbons (Fsp3) is 0. The second-order valence-electron chi connectivity index (χ2n) is 2.76. The van der Waals surface area contributed by atoms with Gasteiger partial charge in [0, 0.05) is 0 Å². The molecule has 4 N–H and O–H groups in total. The number of aromatic carboxylic acids is 1. The molecule has 0 bridgehead atoms. The Morgan fingerprint density at radius 2 is 2.21 bits per heavy atom. The number of hydrogen-bond donors (Lipinski definition) is 3. The van der Waals surface area contributed by atoms with E-state index in [0.29, 0.717) is 0 Å². The second-order valence-corrected chi connectivity index (χ2v) is 2.76. The molecule has 2 rings (SSSR count). The van der Waals surface area contributed by atoms with Gasteiger partial charge < -0.3 is 15.3 Å². The summed E-state index contributed by atoms with van der Waals surface area (Å²) in [6, 6.07) is 2.53. The zero-order valence-electron chi connectivity index (χ0n) is 6.90. The lowest BCUT2D eigenvalue weighted by Gasteiger charge is -1.96. The lowest BCUT2D eigenvalue weighted by atomic mass is 10.2. The van der Waals surface area contributed by atoms with Crippen LogP contribution in [0.15, 0.2) is 21.3 Å². The Balaban J connectivity index is 2.84. The molecule has 6 heteroatoms. The normalized spacial score (nSPS) is 10.6. The first kappa shape index (κ1) is 8.36. The van der Waals surface area contributed by atoms with E-state index in [0.717, 1.165) is 0 Å². The van der Waals surface area contributed by atoms with Gasteiger partial charge in [0.25, 0.3) is 0 Å². The van der Waals surface area contributed by atoms with Crippen molar-refractivity contribution in [2.24, 2.45) is 0 Å². The molecule has 0 unspecified atom stereocenters. The molecule has 0 radical (unpaired) electrons. The third-order valence-electron chi connectivity index (χ3n) is 1.80. The van der Waals surface area contributed by atoms with Gasteiger partial charge in [-0.2, -0.15) is 0 Å². The molecule has 0 saturated carbocycles. The van der Waals surface area contributed by atoms with E-state index in [1.165, 1.54) is 12.1 Å². The van der Waals surface area contributed by atoms with Crippen LogP contribution in [0.1, 0.15) is 10.4 Å². The highest BCUT2D eigenvalue weighted by Crippen LogP contribution is 2.20. The van der Waals surface area contributed by atoms with Gasteiger partial charge in [0.1, 0.15) is 0 Å². The summed E-state index contributed by atoms with van der Waals surface area (Å²) in [6.45, 7) is 0. The van der Waals surface area contributed by atoms with Crippen molar-refractivity contribution in [2.45, 2.75) is 0 Å². The van der Waals surface area contributed by atoms with Crippen molar-refractivity contribution in [1.82, 2.24) is 4.98 Å². The Morgan fingerprint density at radius 1 is 1.50 bits per heavy atom. The van der Waals surface area contributed by atoms with Gasteiger partial charge in [0.2, 0.25) is 0 Å². The van der Waals surface area contributed by atoms with Crippen LogP contribution in [-0.4, -0.2) is 16.1 Å². The van der Waals surface area contributed by atoms with Gasteiger partial charge in [-0.1, -0.05) is 0 Å². The Labute approximate surface area is 76.9 Å². The Hall–Kier alpha value is -2.24. The highest BCUT2D eigenvalue weighted by Gasteiger charge is 2.10. The van der Waals surface area contributed by atoms with Crippen molar-refractivity contribution >= 4 is 22.8 Å². The molecule has 0 amide bonds. The first-order chi connectivity index (χ1) is 6.58. The van der Waals surface area contributed by atoms with Gasteiger partial charge in [-0.3, -0.25) is 4.98 Å². The molecule has 0 aliphatic rings. The van der Waals surface area contributed by atoms with Crippen molar-refractivity contribution < 1.29 is 14.3 Å². The third kappa shape index (κ3) is 1.13. The van der Waals surface area contributed by atoms with Crippen molar-refractivity contribution in [3.05, 3.63) is 28.2 Å². The van der Waals surface area contributed by atoms with E-state index >= 15 is 0 Å². The van der Waals surface area contributed by atoms with Crippen LogP contribution in [0.5, 0.6) is 0 Å². The summed E-state index contributed by atoms with van der Waals surface area (Å²) in [5.41, 5.74) is 6.09. The number of rotatable bonds is 1. The number of hydrogen-bond acceptors (Lipinski definition) is 4. The van der Waals surface area contributed by atoms with Gasteiger partial charge >= 0.3 is 11.7 Å². The zero-order valence-corrected chi connectivity index (χ0v) is 6.90. The molecular weight excluding hydrogens is 188 g/mol. The average molecular weight is 194 g/mol. The van der Waals surface area contributed by atoms with Crippen molar-refractivity contribution in [3.63, 3.8) is 0 Å². The van der Waals surface area contributed by atoms with E-state index in [9.17, 15) is 9.59 Å². The number of benzene rings is 1. The van der Waals surface area contributed by atoms with Gasteiger partial charge in [0.15, 0.2) is 5.58 Å². The van der Waals surface area contributed by atoms with Gasteiger partial charge in [-0.15, -0.1) is 0 Å². The molecule has 72 valence electrons. The van der Waals surface area contributed by atoms with Gasteiger partial charge in [-0.25, -0.2) is 9.59 Å². The highest BCUT2D eigenvalue weighted by molar-refractivity contribution is 5.96. The quantitative estimate of drug-likeness (QED) is 0.569. The number of fused-ring (bicyclic) bond motifs is 1. The molecule has 14 heavy (non-hydrogen) atoms. The summed E-state index contributed by atoms with van der Waals surface area (Å²) in [4.78, 5) is 23.8. The van der Waals surface area contributed by atoms with Crippen LogP contribution < -0.4 is 11.5 Å². The third-order valence-corrected chi connectivity index (χ3v) is 1.80. The highest BCUT2D eigenvalue weighted by atomic mass is 16.4. The lowest BCUT2D eigenvalue weighted by Crippen LogP contribution is -1.98. The van der Waals surface area contributed by atoms with E-state index < -0.39 is 11.7 Å². The molecule has 1 heterocycles. The average Bonchev–Trinajstić information content (AvgIpc) is 2.45. The fourth-order valence-electron chi connectivity index (χ4n) is 1.21. The first-order valence-electron chi connectivity index (χ1n) is 3.73. The van der Waals surface area contributed by atoms with E-state index in [-0.39, 0.29) is 22.4 Å². The number of aromatic amines is 1. The monoisotopic (exact) mass is 194 g/mol. The van der Waals surface area contributed by atoms with E-state index in [1.807, 2.05) is 0 Å². The van der Waals surface area contributed by atoms with Crippen LogP contribution in [0.25, 0.3) is 11.1 Å². The maximum Gasteiger partial charge on any atom is 0.417 e. The predicted molar refractivity (Wildman–Crippen MR) is 48.2 cm³/mol. The predicted octanol–water partition coefficient (Wildman–Crippen LogP) is 0.402. The minimum atomic E-state index is -1.11. The van der Waals surface area contributed by atoms with E-state index in [1.54, 1.807) is 0 Å². The van der Waals surface area contributed by atoms with Crippen LogP contribution in [0.2, 0.25) is 0 Å². The maximum atomic E-state index is 10.8. The van der Waals surface area contributed by atoms with E-state index in [4.69, 9.17) is 15.3 Å². The zero-order chi connectivity index (χ0) is 10.3. The molecule has 1 aromatic heterocycles. The Bertz CT molecular complexity index is 566. The standard InChI is InChI=1S/C8H6N2O4/c9-4-1-3(7(11)12)2-5-6(4)14-8(13)10-5/h1-2H,9H2,(H,10,13)(H,11,12). The minimum absolute atomic E-state index is 0.00653. The SMILES string of the molecule is Nc1cc(C(=O)O)cc2[nH]c(=O)oc12. The molecule has 0 spiro atoms. The van der Waals surface area contributed by atoms with Gasteiger partial charge in [-0.05, 0) is 12.1 Å². The Morgan fingerprint density at radius 3 is 2.86 bits per heavy atom. The van der Waals surface area contributed by atoms with Crippen molar-refractivity contribution in [2.75, 3.05) is 5.73 Å². The molecule has 0 aliphatic heterocycles. The van der Waals surface area contributed by atoms with Crippen LogP contribution in [0.4, 0.5) is 5.69 Å².